The number of hydrogen-bond donors (Lipinski definition) is 4. The molecule has 1 amide bonds. The molecule has 162 valence electrons. The van der Waals surface area contributed by atoms with Crippen LogP contribution >= 0.6 is 0 Å². The van der Waals surface area contributed by atoms with Crippen LogP contribution in [0.5, 0.6) is 17.2 Å². The Kier molecular flexibility index (Phi) is 6.14. The van der Waals surface area contributed by atoms with Gasteiger partial charge in [0.2, 0.25) is 0 Å². The zero-order valence-corrected chi connectivity index (χ0v) is 16.9. The molecule has 2 aromatic rings. The SMILES string of the molecule is COc1cc(F)c(CC(C)(C)NC[C@H](O)c2cc(O)cc3c2OCC(=O)N3)cc1F. The maximum Gasteiger partial charge on any atom is 0.262 e. The van der Waals surface area contributed by atoms with Gasteiger partial charge in [-0.1, -0.05) is 0 Å². The Morgan fingerprint density at radius 3 is 2.70 bits per heavy atom. The molecule has 0 aromatic heterocycles. The fourth-order valence-electron chi connectivity index (χ4n) is 3.34. The molecule has 0 saturated heterocycles. The average molecular weight is 422 g/mol. The highest BCUT2D eigenvalue weighted by Crippen LogP contribution is 2.38. The number of aromatic hydroxyl groups is 1. The summed E-state index contributed by atoms with van der Waals surface area (Å²) in [6, 6.07) is 4.78. The number of ether oxygens (including phenoxy) is 2. The van der Waals surface area contributed by atoms with Crippen molar-refractivity contribution < 1.29 is 33.3 Å². The lowest BCUT2D eigenvalue weighted by Crippen LogP contribution is -2.43. The minimum absolute atomic E-state index is 0.0421. The number of carbonyl (C=O) groups excluding carboxylic acids is 1. The Morgan fingerprint density at radius 1 is 1.27 bits per heavy atom. The number of halogens is 2. The van der Waals surface area contributed by atoms with Crippen molar-refractivity contribution in [2.75, 3.05) is 25.6 Å². The minimum atomic E-state index is -1.09. The largest absolute Gasteiger partial charge is 0.508 e. The molecule has 0 unspecified atom stereocenters. The Bertz CT molecular complexity index is 965. The normalized spacial score (nSPS) is 14.5. The number of phenolic OH excluding ortho intramolecular Hbond substituents is 1. The third kappa shape index (κ3) is 4.80. The Balaban J connectivity index is 1.72. The first kappa shape index (κ1) is 21.8. The molecule has 1 heterocycles. The third-order valence-electron chi connectivity index (χ3n) is 4.81. The van der Waals surface area contributed by atoms with E-state index in [1.807, 2.05) is 0 Å². The number of aliphatic hydroxyl groups is 1. The summed E-state index contributed by atoms with van der Waals surface area (Å²) < 4.78 is 38.4. The van der Waals surface area contributed by atoms with Gasteiger partial charge in [-0.25, -0.2) is 8.78 Å². The molecular formula is C21H24F2N2O5. The van der Waals surface area contributed by atoms with Gasteiger partial charge in [0.1, 0.15) is 17.3 Å². The molecule has 0 aliphatic carbocycles. The molecule has 7 nitrogen and oxygen atoms in total. The molecule has 0 spiro atoms. The van der Waals surface area contributed by atoms with E-state index in [-0.39, 0.29) is 54.0 Å². The van der Waals surface area contributed by atoms with Crippen molar-refractivity contribution in [3.05, 3.63) is 47.0 Å². The van der Waals surface area contributed by atoms with E-state index in [2.05, 4.69) is 10.6 Å². The standard InChI is InChI=1S/C21H24F2N2O5/c1-21(2,8-11-4-15(23)18(29-3)7-14(11)22)24-9-17(27)13-5-12(26)6-16-20(13)30-10-19(28)25-16/h4-7,17,24,26-27H,8-10H2,1-3H3,(H,25,28)/t17-/m0/s1. The van der Waals surface area contributed by atoms with Crippen molar-refractivity contribution in [3.8, 4) is 17.2 Å². The van der Waals surface area contributed by atoms with Crippen LogP contribution in [0.2, 0.25) is 0 Å². The maximum absolute atomic E-state index is 14.3. The number of methoxy groups -OCH3 is 1. The highest BCUT2D eigenvalue weighted by Gasteiger charge is 2.27. The summed E-state index contributed by atoms with van der Waals surface area (Å²) in [5.41, 5.74) is 0.0424. The van der Waals surface area contributed by atoms with Gasteiger partial charge in [-0.15, -0.1) is 0 Å². The lowest BCUT2D eigenvalue weighted by molar-refractivity contribution is -0.118. The number of β-amino-alcohol motifs (C(OH)–C–C–N with tert-alkyl or cyclic N) is 1. The summed E-state index contributed by atoms with van der Waals surface area (Å²) in [5.74, 6) is -1.63. The summed E-state index contributed by atoms with van der Waals surface area (Å²) >= 11 is 0. The van der Waals surface area contributed by atoms with Gasteiger partial charge in [-0.3, -0.25) is 4.79 Å². The van der Waals surface area contributed by atoms with Crippen molar-refractivity contribution in [2.24, 2.45) is 0 Å². The molecule has 3 rings (SSSR count). The van der Waals surface area contributed by atoms with Gasteiger partial charge in [0.15, 0.2) is 18.2 Å². The van der Waals surface area contributed by atoms with Crippen LogP contribution in [-0.2, 0) is 11.2 Å². The van der Waals surface area contributed by atoms with Crippen LogP contribution in [0.15, 0.2) is 24.3 Å². The van der Waals surface area contributed by atoms with Gasteiger partial charge >= 0.3 is 0 Å². The summed E-state index contributed by atoms with van der Waals surface area (Å²) in [6.45, 7) is 3.42. The van der Waals surface area contributed by atoms with E-state index < -0.39 is 23.3 Å². The first-order chi connectivity index (χ1) is 14.1. The number of rotatable bonds is 7. The second kappa shape index (κ2) is 8.45. The number of carbonyl (C=O) groups is 1. The first-order valence-corrected chi connectivity index (χ1v) is 9.34. The molecular weight excluding hydrogens is 398 g/mol. The molecule has 1 aliphatic heterocycles. The number of fused-ring (bicyclic) bond motifs is 1. The predicted octanol–water partition coefficient (Wildman–Crippen LogP) is 2.65. The van der Waals surface area contributed by atoms with Crippen LogP contribution in [0.4, 0.5) is 14.5 Å². The van der Waals surface area contributed by atoms with E-state index >= 15 is 0 Å². The zero-order valence-electron chi connectivity index (χ0n) is 16.9. The van der Waals surface area contributed by atoms with Crippen LogP contribution in [-0.4, -0.2) is 41.9 Å². The van der Waals surface area contributed by atoms with Crippen LogP contribution < -0.4 is 20.1 Å². The quantitative estimate of drug-likeness (QED) is 0.548. The number of aliphatic hydroxyl groups excluding tert-OH is 1. The van der Waals surface area contributed by atoms with Gasteiger partial charge in [0, 0.05) is 29.8 Å². The summed E-state index contributed by atoms with van der Waals surface area (Å²) in [5, 5.41) is 26.2. The van der Waals surface area contributed by atoms with E-state index in [4.69, 9.17) is 9.47 Å². The smallest absolute Gasteiger partial charge is 0.262 e. The second-order valence-corrected chi connectivity index (χ2v) is 7.78. The van der Waals surface area contributed by atoms with Crippen LogP contribution in [0.25, 0.3) is 0 Å². The summed E-state index contributed by atoms with van der Waals surface area (Å²) in [4.78, 5) is 11.5. The van der Waals surface area contributed by atoms with Gasteiger partial charge in [-0.2, -0.15) is 0 Å². The van der Waals surface area contributed by atoms with E-state index in [0.717, 1.165) is 12.1 Å². The highest BCUT2D eigenvalue weighted by molar-refractivity contribution is 5.96. The van der Waals surface area contributed by atoms with Crippen LogP contribution in [0.3, 0.4) is 0 Å². The number of benzene rings is 2. The fraction of sp³-hybridized carbons (Fsp3) is 0.381. The summed E-state index contributed by atoms with van der Waals surface area (Å²) in [6.07, 6.45) is -0.936. The molecule has 1 aliphatic rings. The number of phenols is 1. The number of amides is 1. The highest BCUT2D eigenvalue weighted by atomic mass is 19.1. The molecule has 9 heteroatoms. The Morgan fingerprint density at radius 2 is 2.00 bits per heavy atom. The number of hydrogen-bond acceptors (Lipinski definition) is 6. The van der Waals surface area contributed by atoms with E-state index in [1.165, 1.54) is 19.2 Å². The second-order valence-electron chi connectivity index (χ2n) is 7.78. The van der Waals surface area contributed by atoms with E-state index in [1.54, 1.807) is 13.8 Å². The molecule has 0 radical (unpaired) electrons. The molecule has 1 atom stereocenters. The lowest BCUT2D eigenvalue weighted by Gasteiger charge is -2.29. The van der Waals surface area contributed by atoms with Crippen LogP contribution in [0, 0.1) is 11.6 Å². The Labute approximate surface area is 172 Å². The van der Waals surface area contributed by atoms with Crippen molar-refractivity contribution in [1.82, 2.24) is 5.32 Å². The van der Waals surface area contributed by atoms with E-state index in [9.17, 15) is 23.8 Å². The predicted molar refractivity (Wildman–Crippen MR) is 106 cm³/mol. The zero-order chi connectivity index (χ0) is 22.1. The molecule has 0 saturated carbocycles. The van der Waals surface area contributed by atoms with Crippen molar-refractivity contribution in [3.63, 3.8) is 0 Å². The van der Waals surface area contributed by atoms with Crippen molar-refractivity contribution >= 4 is 11.6 Å². The van der Waals surface area contributed by atoms with Crippen molar-refractivity contribution in [1.29, 1.82) is 0 Å². The topological polar surface area (TPSA) is 100 Å². The van der Waals surface area contributed by atoms with Gasteiger partial charge in [0.05, 0.1) is 18.9 Å². The third-order valence-corrected chi connectivity index (χ3v) is 4.81. The van der Waals surface area contributed by atoms with Crippen LogP contribution in [0.1, 0.15) is 31.1 Å². The van der Waals surface area contributed by atoms with E-state index in [0.29, 0.717) is 5.56 Å². The molecule has 0 fully saturated rings. The molecule has 0 bridgehead atoms. The molecule has 4 N–H and O–H groups in total. The fourth-order valence-corrected chi connectivity index (χ4v) is 3.34. The van der Waals surface area contributed by atoms with Crippen molar-refractivity contribution in [2.45, 2.75) is 31.9 Å². The monoisotopic (exact) mass is 422 g/mol. The summed E-state index contributed by atoms with van der Waals surface area (Å²) in [7, 11) is 1.26. The Hall–Kier alpha value is -2.91. The van der Waals surface area contributed by atoms with Gasteiger partial charge in [-0.05, 0) is 38.0 Å². The van der Waals surface area contributed by atoms with Gasteiger partial charge < -0.3 is 30.3 Å². The first-order valence-electron chi connectivity index (χ1n) is 9.34. The molecule has 2 aromatic carbocycles. The number of anilines is 1. The lowest BCUT2D eigenvalue weighted by atomic mass is 9.93. The van der Waals surface area contributed by atoms with Gasteiger partial charge in [0.25, 0.3) is 5.91 Å². The molecule has 30 heavy (non-hydrogen) atoms. The number of nitrogens with one attached hydrogen (secondary N) is 2. The minimum Gasteiger partial charge on any atom is -0.508 e. The average Bonchev–Trinajstić information content (AvgIpc) is 2.67. The maximum atomic E-state index is 14.3.